The van der Waals surface area contributed by atoms with Gasteiger partial charge in [-0.3, -0.25) is 9.88 Å². The van der Waals surface area contributed by atoms with Gasteiger partial charge in [0.1, 0.15) is 23.2 Å². The second kappa shape index (κ2) is 7.39. The highest BCUT2D eigenvalue weighted by molar-refractivity contribution is 5.92. The molecule has 1 aliphatic carbocycles. The first-order chi connectivity index (χ1) is 15.3. The third-order valence-corrected chi connectivity index (χ3v) is 6.15. The summed E-state index contributed by atoms with van der Waals surface area (Å²) in [6.45, 7) is 1.81. The molecule has 2 aromatic heterocycles. The number of fused-ring (bicyclic) bond motifs is 1. The van der Waals surface area contributed by atoms with E-state index in [1.165, 1.54) is 18.2 Å². The third-order valence-electron chi connectivity index (χ3n) is 6.15. The summed E-state index contributed by atoms with van der Waals surface area (Å²) in [6, 6.07) is 6.92. The topological polar surface area (TPSA) is 80.3 Å². The van der Waals surface area contributed by atoms with Gasteiger partial charge in [-0.05, 0) is 56.9 Å². The molecule has 1 saturated carbocycles. The lowest BCUT2D eigenvalue weighted by Crippen LogP contribution is -2.41. The van der Waals surface area contributed by atoms with Gasteiger partial charge in [-0.15, -0.1) is 13.2 Å². The molecule has 0 unspecified atom stereocenters. The van der Waals surface area contributed by atoms with Crippen molar-refractivity contribution in [2.75, 3.05) is 4.90 Å². The Labute approximate surface area is 181 Å². The molecule has 1 saturated heterocycles. The van der Waals surface area contributed by atoms with E-state index in [2.05, 4.69) is 19.7 Å². The summed E-state index contributed by atoms with van der Waals surface area (Å²) in [7, 11) is 0. The molecule has 0 bridgehead atoms. The van der Waals surface area contributed by atoms with Crippen LogP contribution in [0.3, 0.4) is 0 Å². The van der Waals surface area contributed by atoms with Crippen LogP contribution in [0.5, 0.6) is 5.75 Å². The number of pyridine rings is 1. The molecule has 1 atom stereocenters. The van der Waals surface area contributed by atoms with Crippen molar-refractivity contribution in [3.63, 3.8) is 0 Å². The van der Waals surface area contributed by atoms with Crippen molar-refractivity contribution in [2.45, 2.75) is 57.0 Å². The molecule has 1 aliphatic heterocycles. The number of alkyl halides is 3. The quantitative estimate of drug-likeness (QED) is 0.569. The molecule has 2 fully saturated rings. The first kappa shape index (κ1) is 20.6. The molecule has 7 nitrogen and oxygen atoms in total. The Morgan fingerprint density at radius 3 is 2.72 bits per heavy atom. The van der Waals surface area contributed by atoms with Crippen molar-refractivity contribution in [3.8, 4) is 5.75 Å². The van der Waals surface area contributed by atoms with Crippen LogP contribution < -0.4 is 9.64 Å². The van der Waals surface area contributed by atoms with Gasteiger partial charge < -0.3 is 14.5 Å². The minimum absolute atomic E-state index is 0.341. The van der Waals surface area contributed by atoms with Crippen molar-refractivity contribution in [2.24, 2.45) is 0 Å². The number of nitrogens with zero attached hydrogens (tertiary/aromatic N) is 3. The minimum atomic E-state index is -4.79. The van der Waals surface area contributed by atoms with Crippen molar-refractivity contribution in [1.82, 2.24) is 15.0 Å². The number of hydrogen-bond donors (Lipinski definition) is 1. The molecular formula is C22H21F3N4O3. The van der Waals surface area contributed by atoms with Gasteiger partial charge in [-0.1, -0.05) is 6.42 Å². The maximum Gasteiger partial charge on any atom is 0.573 e. The van der Waals surface area contributed by atoms with Crippen molar-refractivity contribution in [1.29, 1.82) is 0 Å². The van der Waals surface area contributed by atoms with E-state index >= 15 is 0 Å². The number of anilines is 1. The first-order valence-corrected chi connectivity index (χ1v) is 10.4. The standard InChI is InChI=1S/C22H21F3N4O3/c1-13-17(6-5-11-26-13)29-18(21(32-20(29)30)9-3-2-4-10-21)19-27-15-8-7-14(12-16(15)28-19)31-22(23,24)25/h5-8,11-12,18H,2-4,9-10H2,1H3,(H,27,28)/t18-/m1/s1. The lowest BCUT2D eigenvalue weighted by molar-refractivity contribution is -0.274. The highest BCUT2D eigenvalue weighted by Crippen LogP contribution is 2.51. The number of nitrogens with one attached hydrogen (secondary N) is 1. The Morgan fingerprint density at radius 2 is 2.00 bits per heavy atom. The normalized spacial score (nSPS) is 20.7. The first-order valence-electron chi connectivity index (χ1n) is 10.4. The Kier molecular flexibility index (Phi) is 4.75. The molecule has 1 N–H and O–H groups in total. The van der Waals surface area contributed by atoms with Crippen LogP contribution >= 0.6 is 0 Å². The van der Waals surface area contributed by atoms with Crippen molar-refractivity contribution < 1.29 is 27.4 Å². The zero-order chi connectivity index (χ0) is 22.5. The molecular weight excluding hydrogens is 425 g/mol. The van der Waals surface area contributed by atoms with Crippen LogP contribution in [0.15, 0.2) is 36.5 Å². The number of carbonyl (C=O) groups is 1. The second-order valence-corrected chi connectivity index (χ2v) is 8.22. The van der Waals surface area contributed by atoms with Gasteiger partial charge in [0.25, 0.3) is 0 Å². The average molecular weight is 446 g/mol. The lowest BCUT2D eigenvalue weighted by Gasteiger charge is -2.36. The molecule has 1 amide bonds. The molecule has 3 aromatic rings. The Balaban J connectivity index is 1.62. The Morgan fingerprint density at radius 1 is 1.22 bits per heavy atom. The van der Waals surface area contributed by atoms with Gasteiger partial charge in [0, 0.05) is 12.3 Å². The maximum absolute atomic E-state index is 13.1. The van der Waals surface area contributed by atoms with Crippen LogP contribution in [0, 0.1) is 6.92 Å². The van der Waals surface area contributed by atoms with E-state index in [0.29, 0.717) is 41.1 Å². The van der Waals surface area contributed by atoms with E-state index in [0.717, 1.165) is 19.3 Å². The van der Waals surface area contributed by atoms with Gasteiger partial charge in [0.05, 0.1) is 22.4 Å². The number of H-pyrrole nitrogens is 1. The number of aromatic amines is 1. The number of benzene rings is 1. The molecule has 32 heavy (non-hydrogen) atoms. The Hall–Kier alpha value is -3.30. The highest BCUT2D eigenvalue weighted by atomic mass is 19.4. The molecule has 3 heterocycles. The second-order valence-electron chi connectivity index (χ2n) is 8.22. The van der Waals surface area contributed by atoms with E-state index < -0.39 is 24.1 Å². The van der Waals surface area contributed by atoms with Gasteiger partial charge in [0.2, 0.25) is 0 Å². The van der Waals surface area contributed by atoms with E-state index in [4.69, 9.17) is 4.74 Å². The van der Waals surface area contributed by atoms with Crippen LogP contribution in [0.2, 0.25) is 0 Å². The Bertz CT molecular complexity index is 1170. The number of hydrogen-bond acceptors (Lipinski definition) is 5. The SMILES string of the molecule is Cc1ncccc1N1C(=O)OC2(CCCCC2)[C@H]1c1nc2ccc(OC(F)(F)F)cc2[nH]1. The number of halogens is 3. The lowest BCUT2D eigenvalue weighted by atomic mass is 9.79. The molecule has 0 radical (unpaired) electrons. The number of aryl methyl sites for hydroxylation is 1. The summed E-state index contributed by atoms with van der Waals surface area (Å²) in [6.07, 6.45) is 0.613. The summed E-state index contributed by atoms with van der Waals surface area (Å²) < 4.78 is 47.9. The molecule has 168 valence electrons. The van der Waals surface area contributed by atoms with E-state index in [-0.39, 0.29) is 5.75 Å². The summed E-state index contributed by atoms with van der Waals surface area (Å²) in [5.41, 5.74) is 1.37. The number of ether oxygens (including phenoxy) is 2. The third kappa shape index (κ3) is 3.53. The smallest absolute Gasteiger partial charge is 0.440 e. The van der Waals surface area contributed by atoms with Gasteiger partial charge >= 0.3 is 12.5 Å². The maximum atomic E-state index is 13.1. The summed E-state index contributed by atoms with van der Waals surface area (Å²) >= 11 is 0. The molecule has 5 rings (SSSR count). The number of aromatic nitrogens is 3. The zero-order valence-electron chi connectivity index (χ0n) is 17.3. The average Bonchev–Trinajstić information content (AvgIpc) is 3.25. The fraction of sp³-hybridized carbons (Fsp3) is 0.409. The van der Waals surface area contributed by atoms with Crippen molar-refractivity contribution in [3.05, 3.63) is 48.0 Å². The number of carbonyl (C=O) groups excluding carboxylic acids is 1. The number of imidazole rings is 1. The van der Waals surface area contributed by atoms with Gasteiger partial charge in [-0.2, -0.15) is 0 Å². The minimum Gasteiger partial charge on any atom is -0.440 e. The molecule has 2 aliphatic rings. The number of amides is 1. The molecule has 1 aromatic carbocycles. The molecule has 10 heteroatoms. The van der Waals surface area contributed by atoms with Crippen LogP contribution in [0.25, 0.3) is 11.0 Å². The summed E-state index contributed by atoms with van der Waals surface area (Å²) in [4.78, 5) is 26.7. The van der Waals surface area contributed by atoms with Crippen molar-refractivity contribution >= 4 is 22.8 Å². The van der Waals surface area contributed by atoms with Gasteiger partial charge in [0.15, 0.2) is 0 Å². The highest BCUT2D eigenvalue weighted by Gasteiger charge is 2.57. The van der Waals surface area contributed by atoms with E-state index in [1.54, 1.807) is 23.2 Å². The van der Waals surface area contributed by atoms with Crippen LogP contribution in [0.4, 0.5) is 23.7 Å². The monoisotopic (exact) mass is 446 g/mol. The van der Waals surface area contributed by atoms with Crippen LogP contribution in [-0.2, 0) is 4.74 Å². The van der Waals surface area contributed by atoms with E-state index in [1.807, 2.05) is 6.92 Å². The van der Waals surface area contributed by atoms with E-state index in [9.17, 15) is 18.0 Å². The summed E-state index contributed by atoms with van der Waals surface area (Å²) in [5, 5.41) is 0. The van der Waals surface area contributed by atoms with Crippen LogP contribution in [-0.4, -0.2) is 33.0 Å². The fourth-order valence-electron chi connectivity index (χ4n) is 4.82. The predicted octanol–water partition coefficient (Wildman–Crippen LogP) is 5.57. The zero-order valence-corrected chi connectivity index (χ0v) is 17.3. The molecule has 1 spiro atoms. The largest absolute Gasteiger partial charge is 0.573 e. The predicted molar refractivity (Wildman–Crippen MR) is 109 cm³/mol. The number of rotatable bonds is 3. The van der Waals surface area contributed by atoms with Gasteiger partial charge in [-0.25, -0.2) is 9.78 Å². The fourth-order valence-corrected chi connectivity index (χ4v) is 4.82. The van der Waals surface area contributed by atoms with Crippen LogP contribution in [0.1, 0.15) is 49.7 Å². The summed E-state index contributed by atoms with van der Waals surface area (Å²) in [5.74, 6) is 0.117.